The van der Waals surface area contributed by atoms with Gasteiger partial charge in [-0.25, -0.2) is 0 Å². The minimum Gasteiger partial charge on any atom is -0.268 e. The molecule has 0 saturated heterocycles. The molecule has 0 unspecified atom stereocenters. The zero-order valence-electron chi connectivity index (χ0n) is 8.10. The summed E-state index contributed by atoms with van der Waals surface area (Å²) in [5, 5.41) is 1.80. The highest BCUT2D eigenvalue weighted by Crippen LogP contribution is 2.17. The molecule has 5 heteroatoms. The molecule has 1 N–H and O–H groups in total. The number of fused-ring (bicyclic) bond motifs is 3. The molecule has 0 atom stereocenters. The molecule has 1 amide bonds. The number of nitrogens with zero attached hydrogens (tertiary/aromatic N) is 3. The van der Waals surface area contributed by atoms with Crippen molar-refractivity contribution in [3.63, 3.8) is 0 Å². The minimum absolute atomic E-state index is 0.147. The lowest BCUT2D eigenvalue weighted by molar-refractivity contribution is 0.0848. The van der Waals surface area contributed by atoms with Crippen LogP contribution in [-0.2, 0) is 0 Å². The fraction of sp³-hybridized carbons (Fsp3) is 0.300. The van der Waals surface area contributed by atoms with Gasteiger partial charge in [-0.3, -0.25) is 25.2 Å². The number of aliphatic imine (C=N–C) groups is 1. The molecule has 0 aromatic carbocycles. The zero-order valence-corrected chi connectivity index (χ0v) is 8.10. The maximum absolute atomic E-state index is 11.7. The highest BCUT2D eigenvalue weighted by molar-refractivity contribution is 6.12. The molecule has 76 valence electrons. The molecule has 2 aliphatic heterocycles. The molecule has 0 spiro atoms. The second-order valence-electron chi connectivity index (χ2n) is 3.55. The SMILES string of the molecule is O=C1NN2CCCN=C2c2cccnc21. The minimum atomic E-state index is -0.147. The summed E-state index contributed by atoms with van der Waals surface area (Å²) in [5.74, 6) is 0.690. The average Bonchev–Trinajstić information content (AvgIpc) is 2.30. The van der Waals surface area contributed by atoms with Gasteiger partial charge in [-0.1, -0.05) is 0 Å². The second-order valence-corrected chi connectivity index (χ2v) is 3.55. The smallest absolute Gasteiger partial charge is 0.268 e. The topological polar surface area (TPSA) is 57.6 Å². The summed E-state index contributed by atoms with van der Waals surface area (Å²) in [6, 6.07) is 3.71. The van der Waals surface area contributed by atoms with Crippen LogP contribution in [0.4, 0.5) is 0 Å². The van der Waals surface area contributed by atoms with Crippen molar-refractivity contribution in [2.45, 2.75) is 6.42 Å². The van der Waals surface area contributed by atoms with Crippen LogP contribution < -0.4 is 5.43 Å². The number of amides is 1. The number of hydrogen-bond acceptors (Lipinski definition) is 4. The van der Waals surface area contributed by atoms with E-state index in [4.69, 9.17) is 0 Å². The number of nitrogens with one attached hydrogen (secondary N) is 1. The van der Waals surface area contributed by atoms with Crippen LogP contribution in [0, 0.1) is 0 Å². The third kappa shape index (κ3) is 1.20. The van der Waals surface area contributed by atoms with Crippen LogP contribution in [0.2, 0.25) is 0 Å². The van der Waals surface area contributed by atoms with E-state index in [1.54, 1.807) is 11.2 Å². The number of carbonyl (C=O) groups excluding carboxylic acids is 1. The van der Waals surface area contributed by atoms with E-state index in [0.29, 0.717) is 5.69 Å². The average molecular weight is 202 g/mol. The summed E-state index contributed by atoms with van der Waals surface area (Å²) < 4.78 is 0. The van der Waals surface area contributed by atoms with Crippen LogP contribution in [0.25, 0.3) is 0 Å². The fourth-order valence-corrected chi connectivity index (χ4v) is 1.89. The predicted molar refractivity (Wildman–Crippen MR) is 54.4 cm³/mol. The number of hydrazine groups is 1. The van der Waals surface area contributed by atoms with Gasteiger partial charge in [0.15, 0.2) is 5.84 Å². The standard InChI is InChI=1S/C10H10N4O/c15-10-8-7(3-1-4-11-8)9-12-5-2-6-14(9)13-10/h1,3-4H,2,5-6H2,(H,13,15). The van der Waals surface area contributed by atoms with Crippen molar-refractivity contribution in [1.29, 1.82) is 0 Å². The Kier molecular flexibility index (Phi) is 1.71. The van der Waals surface area contributed by atoms with E-state index in [-0.39, 0.29) is 5.91 Å². The van der Waals surface area contributed by atoms with Gasteiger partial charge in [-0.15, -0.1) is 0 Å². The Labute approximate surface area is 86.8 Å². The molecule has 0 radical (unpaired) electrons. The normalized spacial score (nSPS) is 18.8. The molecule has 2 aliphatic rings. The Balaban J connectivity index is 2.18. The number of pyridine rings is 1. The number of carbonyl (C=O) groups is 1. The molecule has 0 bridgehead atoms. The van der Waals surface area contributed by atoms with E-state index < -0.39 is 0 Å². The number of rotatable bonds is 0. The van der Waals surface area contributed by atoms with Crippen molar-refractivity contribution < 1.29 is 4.79 Å². The Hall–Kier alpha value is -1.91. The van der Waals surface area contributed by atoms with Crippen LogP contribution in [0.3, 0.4) is 0 Å². The van der Waals surface area contributed by atoms with Crippen molar-refractivity contribution in [2.24, 2.45) is 4.99 Å². The van der Waals surface area contributed by atoms with Crippen LogP contribution in [0.5, 0.6) is 0 Å². The quantitative estimate of drug-likeness (QED) is 0.653. The molecule has 1 aromatic rings. The molecule has 0 fully saturated rings. The maximum Gasteiger partial charge on any atom is 0.289 e. The van der Waals surface area contributed by atoms with Crippen molar-refractivity contribution in [1.82, 2.24) is 15.4 Å². The summed E-state index contributed by atoms with van der Waals surface area (Å²) in [7, 11) is 0. The molecule has 5 nitrogen and oxygen atoms in total. The van der Waals surface area contributed by atoms with Gasteiger partial charge in [0, 0.05) is 24.8 Å². The van der Waals surface area contributed by atoms with E-state index in [2.05, 4.69) is 15.4 Å². The third-order valence-electron chi connectivity index (χ3n) is 2.56. The summed E-state index contributed by atoms with van der Waals surface area (Å²) in [6.45, 7) is 1.63. The first-order valence-electron chi connectivity index (χ1n) is 4.94. The van der Waals surface area contributed by atoms with E-state index in [1.165, 1.54) is 0 Å². The summed E-state index contributed by atoms with van der Waals surface area (Å²) >= 11 is 0. The number of hydrogen-bond donors (Lipinski definition) is 1. The van der Waals surface area contributed by atoms with E-state index in [9.17, 15) is 4.79 Å². The van der Waals surface area contributed by atoms with Gasteiger partial charge in [0.25, 0.3) is 5.91 Å². The molecule has 0 saturated carbocycles. The monoisotopic (exact) mass is 202 g/mol. The summed E-state index contributed by atoms with van der Waals surface area (Å²) in [5.41, 5.74) is 4.08. The molecular formula is C10H10N4O. The Morgan fingerprint density at radius 2 is 2.40 bits per heavy atom. The van der Waals surface area contributed by atoms with Crippen LogP contribution in [0.1, 0.15) is 22.5 Å². The Morgan fingerprint density at radius 1 is 1.47 bits per heavy atom. The molecular weight excluding hydrogens is 192 g/mol. The van der Waals surface area contributed by atoms with Crippen molar-refractivity contribution in [3.8, 4) is 0 Å². The van der Waals surface area contributed by atoms with Gasteiger partial charge in [-0.05, 0) is 18.6 Å². The van der Waals surface area contributed by atoms with Gasteiger partial charge < -0.3 is 0 Å². The highest BCUT2D eigenvalue weighted by Gasteiger charge is 2.29. The van der Waals surface area contributed by atoms with Crippen molar-refractivity contribution in [3.05, 3.63) is 29.6 Å². The lowest BCUT2D eigenvalue weighted by atomic mass is 10.1. The van der Waals surface area contributed by atoms with Crippen LogP contribution >= 0.6 is 0 Å². The fourth-order valence-electron chi connectivity index (χ4n) is 1.89. The molecule has 15 heavy (non-hydrogen) atoms. The maximum atomic E-state index is 11.7. The van der Waals surface area contributed by atoms with Gasteiger partial charge >= 0.3 is 0 Å². The van der Waals surface area contributed by atoms with E-state index in [0.717, 1.165) is 30.9 Å². The first kappa shape index (κ1) is 8.40. The summed E-state index contributed by atoms with van der Waals surface area (Å²) in [6.07, 6.45) is 2.59. The molecule has 1 aromatic heterocycles. The Bertz CT molecular complexity index is 454. The lowest BCUT2D eigenvalue weighted by Gasteiger charge is -2.33. The number of aromatic nitrogens is 1. The van der Waals surface area contributed by atoms with Crippen molar-refractivity contribution in [2.75, 3.05) is 13.1 Å². The van der Waals surface area contributed by atoms with Gasteiger partial charge in [-0.2, -0.15) is 0 Å². The van der Waals surface area contributed by atoms with Gasteiger partial charge in [0.2, 0.25) is 0 Å². The zero-order chi connectivity index (χ0) is 10.3. The Morgan fingerprint density at radius 3 is 3.33 bits per heavy atom. The predicted octanol–water partition coefficient (Wildman–Crippen LogP) is 0.192. The van der Waals surface area contributed by atoms with Crippen LogP contribution in [0.15, 0.2) is 23.3 Å². The molecule has 0 aliphatic carbocycles. The van der Waals surface area contributed by atoms with Crippen molar-refractivity contribution >= 4 is 11.7 Å². The molecule has 3 heterocycles. The number of amidine groups is 1. The third-order valence-corrected chi connectivity index (χ3v) is 2.56. The highest BCUT2D eigenvalue weighted by atomic mass is 16.2. The first-order valence-corrected chi connectivity index (χ1v) is 4.94. The van der Waals surface area contributed by atoms with E-state index >= 15 is 0 Å². The van der Waals surface area contributed by atoms with Gasteiger partial charge in [0.05, 0.1) is 0 Å². The van der Waals surface area contributed by atoms with Gasteiger partial charge in [0.1, 0.15) is 5.69 Å². The second kappa shape index (κ2) is 3.05. The first-order chi connectivity index (χ1) is 7.36. The van der Waals surface area contributed by atoms with Crippen LogP contribution in [-0.4, -0.2) is 34.8 Å². The lowest BCUT2D eigenvalue weighted by Crippen LogP contribution is -2.53. The van der Waals surface area contributed by atoms with E-state index in [1.807, 2.05) is 12.1 Å². The molecule has 3 rings (SSSR count). The largest absolute Gasteiger partial charge is 0.289 e. The summed E-state index contributed by atoms with van der Waals surface area (Å²) in [4.78, 5) is 20.2.